The number of rotatable bonds is 10. The Morgan fingerprint density at radius 2 is 0.953 bits per heavy atom. The molecule has 7 nitrogen and oxygen atoms in total. The van der Waals surface area contributed by atoms with Gasteiger partial charge in [0.25, 0.3) is 0 Å². The average Bonchev–Trinajstić information content (AvgIpc) is 3.06. The smallest absolute Gasteiger partial charge is 0.206 e. The minimum Gasteiger partial charge on any atom is -0.387 e. The molecule has 0 aliphatic carbocycles. The monoisotopic (exact) mass is 613 g/mol. The number of aliphatic hydroxyl groups is 1. The van der Waals surface area contributed by atoms with Crippen molar-refractivity contribution in [1.29, 1.82) is 0 Å². The number of sulfone groups is 2. The fourth-order valence-corrected chi connectivity index (χ4v) is 6.69. The highest BCUT2D eigenvalue weighted by atomic mass is 32.2. The molecule has 43 heavy (non-hydrogen) atoms. The van der Waals surface area contributed by atoms with Crippen LogP contribution in [0.4, 0.5) is 0 Å². The van der Waals surface area contributed by atoms with Gasteiger partial charge in [-0.2, -0.15) is 0 Å². The molecule has 0 spiro atoms. The Balaban J connectivity index is 0.000000215. The third-order valence-electron chi connectivity index (χ3n) is 6.52. The highest BCUT2D eigenvalue weighted by Gasteiger charge is 2.17. The summed E-state index contributed by atoms with van der Waals surface area (Å²) in [6.07, 6.45) is 0.104. The van der Waals surface area contributed by atoms with Crippen LogP contribution in [-0.4, -0.2) is 34.8 Å². The molecule has 220 valence electrons. The standard InChI is InChI=1S/C21H21NO3S.C13H10O3S/c23-21(18-7-3-1-4-8-18)16-22-15-17-11-13-20(14-12-17)26(24,25)19-9-5-2-6-10-19;14-10-11-6-8-13(9-7-11)17(15,16)12-4-2-1-3-5-12/h1-14,21-23H,15-16H2;1-10H/t21-;/m1./s1. The van der Waals surface area contributed by atoms with Gasteiger partial charge in [-0.1, -0.05) is 91.0 Å². The van der Waals surface area contributed by atoms with Crippen LogP contribution in [0.1, 0.15) is 27.6 Å². The Bertz CT molecular complexity index is 1810. The maximum Gasteiger partial charge on any atom is 0.206 e. The summed E-state index contributed by atoms with van der Waals surface area (Å²) in [7, 11) is -6.97. The zero-order chi connectivity index (χ0) is 30.7. The van der Waals surface area contributed by atoms with Crippen LogP contribution >= 0.6 is 0 Å². The van der Waals surface area contributed by atoms with Crippen molar-refractivity contribution in [2.24, 2.45) is 0 Å². The molecule has 0 heterocycles. The van der Waals surface area contributed by atoms with E-state index in [9.17, 15) is 26.7 Å². The van der Waals surface area contributed by atoms with E-state index in [1.165, 1.54) is 24.3 Å². The van der Waals surface area contributed by atoms with Gasteiger partial charge in [-0.15, -0.1) is 0 Å². The minimum atomic E-state index is -3.49. The van der Waals surface area contributed by atoms with Crippen LogP contribution < -0.4 is 5.32 Å². The van der Waals surface area contributed by atoms with Gasteiger partial charge in [0, 0.05) is 18.7 Å². The van der Waals surface area contributed by atoms with E-state index >= 15 is 0 Å². The summed E-state index contributed by atoms with van der Waals surface area (Å²) in [5.74, 6) is 0. The van der Waals surface area contributed by atoms with E-state index in [2.05, 4.69) is 5.32 Å². The van der Waals surface area contributed by atoms with E-state index in [4.69, 9.17) is 0 Å². The van der Waals surface area contributed by atoms with Crippen molar-refractivity contribution >= 4 is 26.0 Å². The van der Waals surface area contributed by atoms with Crippen molar-refractivity contribution < 1.29 is 26.7 Å². The van der Waals surface area contributed by atoms with Gasteiger partial charge in [-0.3, -0.25) is 4.79 Å². The van der Waals surface area contributed by atoms with Crippen molar-refractivity contribution in [2.75, 3.05) is 6.54 Å². The number of carbonyl (C=O) groups is 1. The third kappa shape index (κ3) is 8.33. The SMILES string of the molecule is O=Cc1ccc(S(=O)(=O)c2ccccc2)cc1.O=S(=O)(c1ccccc1)c1ccc(CNC[C@@H](O)c2ccccc2)cc1. The summed E-state index contributed by atoms with van der Waals surface area (Å²) in [6, 6.07) is 38.7. The van der Waals surface area contributed by atoms with E-state index < -0.39 is 25.8 Å². The Morgan fingerprint density at radius 3 is 1.40 bits per heavy atom. The van der Waals surface area contributed by atoms with Crippen molar-refractivity contribution in [3.8, 4) is 0 Å². The first-order valence-electron chi connectivity index (χ1n) is 13.4. The molecule has 0 bridgehead atoms. The topological polar surface area (TPSA) is 118 Å². The van der Waals surface area contributed by atoms with Gasteiger partial charge in [0.1, 0.15) is 6.29 Å². The average molecular weight is 614 g/mol. The zero-order valence-electron chi connectivity index (χ0n) is 23.2. The number of benzene rings is 5. The molecule has 5 aromatic carbocycles. The molecule has 0 aromatic heterocycles. The lowest BCUT2D eigenvalue weighted by molar-refractivity contribution is 0.112. The molecule has 5 aromatic rings. The molecule has 0 fully saturated rings. The largest absolute Gasteiger partial charge is 0.387 e. The number of aldehydes is 1. The summed E-state index contributed by atoms with van der Waals surface area (Å²) in [5, 5.41) is 13.3. The van der Waals surface area contributed by atoms with Gasteiger partial charge in [-0.25, -0.2) is 16.8 Å². The highest BCUT2D eigenvalue weighted by Crippen LogP contribution is 2.22. The minimum absolute atomic E-state index is 0.189. The summed E-state index contributed by atoms with van der Waals surface area (Å²) in [6.45, 7) is 0.976. The molecule has 9 heteroatoms. The molecule has 1 atom stereocenters. The first-order valence-corrected chi connectivity index (χ1v) is 16.4. The van der Waals surface area contributed by atoms with E-state index in [1.54, 1.807) is 84.9 Å². The van der Waals surface area contributed by atoms with E-state index in [0.717, 1.165) is 11.1 Å². The number of aliphatic hydroxyl groups excluding tert-OH is 1. The van der Waals surface area contributed by atoms with Crippen molar-refractivity contribution in [3.63, 3.8) is 0 Å². The Labute approximate surface area is 252 Å². The summed E-state index contributed by atoms with van der Waals surface area (Å²) in [5.41, 5.74) is 2.28. The van der Waals surface area contributed by atoms with Crippen molar-refractivity contribution in [1.82, 2.24) is 5.32 Å². The van der Waals surface area contributed by atoms with E-state index in [1.807, 2.05) is 30.3 Å². The second kappa shape index (κ2) is 14.7. The number of hydrogen-bond acceptors (Lipinski definition) is 7. The number of carbonyl (C=O) groups excluding carboxylic acids is 1. The fraction of sp³-hybridized carbons (Fsp3) is 0.0882. The van der Waals surface area contributed by atoms with Crippen LogP contribution in [-0.2, 0) is 26.2 Å². The maximum atomic E-state index is 12.6. The van der Waals surface area contributed by atoms with Crippen LogP contribution in [0.5, 0.6) is 0 Å². The van der Waals surface area contributed by atoms with Crippen molar-refractivity contribution in [3.05, 3.63) is 156 Å². The zero-order valence-corrected chi connectivity index (χ0v) is 24.8. The lowest BCUT2D eigenvalue weighted by atomic mass is 10.1. The van der Waals surface area contributed by atoms with Gasteiger partial charge in [0.05, 0.1) is 25.7 Å². The third-order valence-corrected chi connectivity index (χ3v) is 10.1. The lowest BCUT2D eigenvalue weighted by Crippen LogP contribution is -2.21. The molecule has 0 amide bonds. The van der Waals surface area contributed by atoms with E-state index in [-0.39, 0.29) is 19.6 Å². The van der Waals surface area contributed by atoms with Crippen LogP contribution in [0.2, 0.25) is 0 Å². The Hall–Kier alpha value is -4.41. The van der Waals surface area contributed by atoms with Crippen LogP contribution in [0.15, 0.2) is 159 Å². The molecule has 0 unspecified atom stereocenters. The summed E-state index contributed by atoms with van der Waals surface area (Å²) in [4.78, 5) is 11.5. The molecule has 5 rings (SSSR count). The summed E-state index contributed by atoms with van der Waals surface area (Å²) >= 11 is 0. The fourth-order valence-electron chi connectivity index (χ4n) is 4.13. The number of nitrogens with one attached hydrogen (secondary N) is 1. The molecular formula is C34H31NO6S2. The van der Waals surface area contributed by atoms with E-state index in [0.29, 0.717) is 24.9 Å². The molecule has 0 aliphatic rings. The molecule has 2 N–H and O–H groups in total. The van der Waals surface area contributed by atoms with Gasteiger partial charge < -0.3 is 10.4 Å². The second-order valence-electron chi connectivity index (χ2n) is 9.52. The maximum absolute atomic E-state index is 12.6. The van der Waals surface area contributed by atoms with Gasteiger partial charge >= 0.3 is 0 Å². The molecule has 0 saturated heterocycles. The van der Waals surface area contributed by atoms with Gasteiger partial charge in [0.2, 0.25) is 19.7 Å². The molecule has 0 aliphatic heterocycles. The predicted octanol–water partition coefficient (Wildman–Crippen LogP) is 5.67. The normalized spacial score (nSPS) is 12.0. The second-order valence-corrected chi connectivity index (χ2v) is 13.4. The Morgan fingerprint density at radius 1 is 0.558 bits per heavy atom. The molecule has 0 radical (unpaired) electrons. The molecular weight excluding hydrogens is 583 g/mol. The van der Waals surface area contributed by atoms with Crippen LogP contribution in [0, 0.1) is 0 Å². The van der Waals surface area contributed by atoms with Crippen LogP contribution in [0.25, 0.3) is 0 Å². The quantitative estimate of drug-likeness (QED) is 0.195. The highest BCUT2D eigenvalue weighted by molar-refractivity contribution is 7.91. The first kappa shape index (κ1) is 31.5. The number of hydrogen-bond donors (Lipinski definition) is 2. The predicted molar refractivity (Wildman–Crippen MR) is 165 cm³/mol. The molecule has 0 saturated carbocycles. The summed E-state index contributed by atoms with van der Waals surface area (Å²) < 4.78 is 49.4. The Kier molecular flexibility index (Phi) is 10.7. The van der Waals surface area contributed by atoms with Gasteiger partial charge in [-0.05, 0) is 59.7 Å². The van der Waals surface area contributed by atoms with Crippen LogP contribution in [0.3, 0.4) is 0 Å². The van der Waals surface area contributed by atoms with Crippen molar-refractivity contribution in [2.45, 2.75) is 32.2 Å². The first-order chi connectivity index (χ1) is 20.7. The van der Waals surface area contributed by atoms with Gasteiger partial charge in [0.15, 0.2) is 0 Å². The lowest BCUT2D eigenvalue weighted by Gasteiger charge is -2.12.